The smallest absolute Gasteiger partial charge is 0.126 e. The van der Waals surface area contributed by atoms with E-state index in [1.807, 2.05) is 6.07 Å². The first-order valence-electron chi connectivity index (χ1n) is 5.33. The Labute approximate surface area is 89.1 Å². The number of aryl methyl sites for hydroxylation is 1. The van der Waals surface area contributed by atoms with Crippen molar-refractivity contribution in [3.05, 3.63) is 35.1 Å². The molecule has 0 aliphatic heterocycles. The zero-order valence-corrected chi connectivity index (χ0v) is 8.83. The van der Waals surface area contributed by atoms with Gasteiger partial charge in [0.1, 0.15) is 5.82 Å². The van der Waals surface area contributed by atoms with Gasteiger partial charge in [-0.15, -0.1) is 0 Å². The van der Waals surface area contributed by atoms with E-state index in [0.717, 1.165) is 18.4 Å². The summed E-state index contributed by atoms with van der Waals surface area (Å²) in [6, 6.07) is 5.50. The topological polar surface area (TPSA) is 32.3 Å². The summed E-state index contributed by atoms with van der Waals surface area (Å²) in [6.45, 7) is 1.75. The zero-order chi connectivity index (χ0) is 10.8. The fourth-order valence-corrected chi connectivity index (χ4v) is 1.61. The van der Waals surface area contributed by atoms with Gasteiger partial charge in [-0.25, -0.2) is 4.39 Å². The molecule has 0 spiro atoms. The van der Waals surface area contributed by atoms with E-state index in [4.69, 9.17) is 0 Å². The number of hydrogen-bond donors (Lipinski definition) is 2. The first kappa shape index (κ1) is 10.6. The summed E-state index contributed by atoms with van der Waals surface area (Å²) in [5.41, 5.74) is 1.47. The Morgan fingerprint density at radius 3 is 2.80 bits per heavy atom. The van der Waals surface area contributed by atoms with Gasteiger partial charge in [0.05, 0.1) is 12.6 Å². The second-order valence-electron chi connectivity index (χ2n) is 4.18. The highest BCUT2D eigenvalue weighted by Crippen LogP contribution is 2.24. The molecule has 2 rings (SSSR count). The average molecular weight is 209 g/mol. The van der Waals surface area contributed by atoms with Crippen LogP contribution in [0.25, 0.3) is 0 Å². The summed E-state index contributed by atoms with van der Waals surface area (Å²) in [5.74, 6) is -0.205. The normalized spacial score (nSPS) is 17.8. The summed E-state index contributed by atoms with van der Waals surface area (Å²) in [4.78, 5) is 0. The van der Waals surface area contributed by atoms with Gasteiger partial charge in [0.2, 0.25) is 0 Å². The third kappa shape index (κ3) is 2.55. The standard InChI is InChI=1S/C12H16FNO/c1-8-2-3-9(6-11(8)13)12(7-15)14-10-4-5-10/h2-3,6,10,12,14-15H,4-5,7H2,1H3. The van der Waals surface area contributed by atoms with Crippen LogP contribution < -0.4 is 5.32 Å². The number of aliphatic hydroxyl groups excluding tert-OH is 1. The molecule has 3 heteroatoms. The fraction of sp³-hybridized carbons (Fsp3) is 0.500. The SMILES string of the molecule is Cc1ccc(C(CO)NC2CC2)cc1F. The summed E-state index contributed by atoms with van der Waals surface area (Å²) >= 11 is 0. The van der Waals surface area contributed by atoms with Gasteiger partial charge in [-0.3, -0.25) is 0 Å². The van der Waals surface area contributed by atoms with E-state index in [0.29, 0.717) is 11.6 Å². The highest BCUT2D eigenvalue weighted by molar-refractivity contribution is 5.26. The maximum atomic E-state index is 13.3. The predicted octanol–water partition coefficient (Wildman–Crippen LogP) is 1.92. The molecule has 1 aliphatic carbocycles. The van der Waals surface area contributed by atoms with E-state index >= 15 is 0 Å². The second kappa shape index (κ2) is 4.29. The quantitative estimate of drug-likeness (QED) is 0.794. The first-order chi connectivity index (χ1) is 7.20. The van der Waals surface area contributed by atoms with Crippen molar-refractivity contribution in [2.75, 3.05) is 6.61 Å². The van der Waals surface area contributed by atoms with Crippen molar-refractivity contribution in [3.8, 4) is 0 Å². The summed E-state index contributed by atoms with van der Waals surface area (Å²) in [7, 11) is 0. The van der Waals surface area contributed by atoms with Crippen LogP contribution in [0.4, 0.5) is 4.39 Å². The molecule has 0 bridgehead atoms. The van der Waals surface area contributed by atoms with Gasteiger partial charge in [0, 0.05) is 6.04 Å². The monoisotopic (exact) mass is 209 g/mol. The Kier molecular flexibility index (Phi) is 3.03. The number of hydrogen-bond acceptors (Lipinski definition) is 2. The Balaban J connectivity index is 2.13. The molecule has 1 fully saturated rings. The lowest BCUT2D eigenvalue weighted by Gasteiger charge is -2.16. The van der Waals surface area contributed by atoms with Gasteiger partial charge in [-0.1, -0.05) is 12.1 Å². The van der Waals surface area contributed by atoms with Crippen LogP contribution in [-0.2, 0) is 0 Å². The van der Waals surface area contributed by atoms with E-state index in [9.17, 15) is 9.50 Å². The van der Waals surface area contributed by atoms with Crippen molar-refractivity contribution in [3.63, 3.8) is 0 Å². The van der Waals surface area contributed by atoms with E-state index < -0.39 is 0 Å². The van der Waals surface area contributed by atoms with Crippen molar-refractivity contribution in [1.29, 1.82) is 0 Å². The Bertz CT molecular complexity index is 349. The Morgan fingerprint density at radius 1 is 1.53 bits per heavy atom. The number of aliphatic hydroxyl groups is 1. The molecular formula is C12H16FNO. The van der Waals surface area contributed by atoms with Crippen LogP contribution >= 0.6 is 0 Å². The van der Waals surface area contributed by atoms with E-state index in [2.05, 4.69) is 5.32 Å². The molecule has 0 heterocycles. The van der Waals surface area contributed by atoms with Crippen LogP contribution in [0.3, 0.4) is 0 Å². The van der Waals surface area contributed by atoms with Crippen LogP contribution in [-0.4, -0.2) is 17.8 Å². The van der Waals surface area contributed by atoms with Crippen molar-refractivity contribution in [2.24, 2.45) is 0 Å². The van der Waals surface area contributed by atoms with Crippen molar-refractivity contribution >= 4 is 0 Å². The highest BCUT2D eigenvalue weighted by atomic mass is 19.1. The molecule has 2 nitrogen and oxygen atoms in total. The van der Waals surface area contributed by atoms with Gasteiger partial charge in [-0.05, 0) is 37.0 Å². The number of rotatable bonds is 4. The number of halogens is 1. The zero-order valence-electron chi connectivity index (χ0n) is 8.83. The van der Waals surface area contributed by atoms with Crippen LogP contribution in [0.15, 0.2) is 18.2 Å². The predicted molar refractivity (Wildman–Crippen MR) is 57.1 cm³/mol. The lowest BCUT2D eigenvalue weighted by Crippen LogP contribution is -2.26. The van der Waals surface area contributed by atoms with Crippen LogP contribution in [0.1, 0.15) is 30.0 Å². The highest BCUT2D eigenvalue weighted by Gasteiger charge is 2.25. The van der Waals surface area contributed by atoms with Crippen molar-refractivity contribution in [1.82, 2.24) is 5.32 Å². The molecule has 0 saturated heterocycles. The minimum atomic E-state index is -0.205. The largest absolute Gasteiger partial charge is 0.394 e. The van der Waals surface area contributed by atoms with Crippen molar-refractivity contribution < 1.29 is 9.50 Å². The van der Waals surface area contributed by atoms with Gasteiger partial charge in [-0.2, -0.15) is 0 Å². The summed E-state index contributed by atoms with van der Waals surface area (Å²) in [5, 5.41) is 12.5. The molecule has 0 aromatic heterocycles. The third-order valence-electron chi connectivity index (χ3n) is 2.80. The van der Waals surface area contributed by atoms with Gasteiger partial charge in [0.15, 0.2) is 0 Å². The Morgan fingerprint density at radius 2 is 2.27 bits per heavy atom. The van der Waals surface area contributed by atoms with Crippen molar-refractivity contribution in [2.45, 2.75) is 31.8 Å². The molecule has 2 N–H and O–H groups in total. The molecule has 1 aromatic rings. The average Bonchev–Trinajstić information content (AvgIpc) is 3.02. The summed E-state index contributed by atoms with van der Waals surface area (Å²) in [6.07, 6.45) is 2.32. The van der Waals surface area contributed by atoms with Gasteiger partial charge >= 0.3 is 0 Å². The minimum absolute atomic E-state index is 0.0129. The maximum Gasteiger partial charge on any atom is 0.126 e. The van der Waals surface area contributed by atoms with E-state index in [1.54, 1.807) is 13.0 Å². The second-order valence-corrected chi connectivity index (χ2v) is 4.18. The molecule has 0 radical (unpaired) electrons. The Hall–Kier alpha value is -0.930. The first-order valence-corrected chi connectivity index (χ1v) is 5.33. The molecule has 1 unspecified atom stereocenters. The molecule has 1 aromatic carbocycles. The fourth-order valence-electron chi connectivity index (χ4n) is 1.61. The number of nitrogens with one attached hydrogen (secondary N) is 1. The van der Waals surface area contributed by atoms with Crippen LogP contribution in [0.2, 0.25) is 0 Å². The molecule has 15 heavy (non-hydrogen) atoms. The molecular weight excluding hydrogens is 193 g/mol. The van der Waals surface area contributed by atoms with Gasteiger partial charge in [0.25, 0.3) is 0 Å². The maximum absolute atomic E-state index is 13.3. The van der Waals surface area contributed by atoms with Gasteiger partial charge < -0.3 is 10.4 Å². The lowest BCUT2D eigenvalue weighted by atomic mass is 10.1. The third-order valence-corrected chi connectivity index (χ3v) is 2.80. The van der Waals surface area contributed by atoms with Crippen LogP contribution in [0.5, 0.6) is 0 Å². The summed E-state index contributed by atoms with van der Waals surface area (Å²) < 4.78 is 13.3. The lowest BCUT2D eigenvalue weighted by molar-refractivity contribution is 0.243. The van der Waals surface area contributed by atoms with Crippen LogP contribution in [0, 0.1) is 12.7 Å². The molecule has 82 valence electrons. The molecule has 1 saturated carbocycles. The molecule has 0 amide bonds. The molecule has 1 atom stereocenters. The van der Waals surface area contributed by atoms with E-state index in [-0.39, 0.29) is 18.5 Å². The number of benzene rings is 1. The molecule has 1 aliphatic rings. The van der Waals surface area contributed by atoms with E-state index in [1.165, 1.54) is 6.07 Å². The minimum Gasteiger partial charge on any atom is -0.394 e.